The second-order valence-electron chi connectivity index (χ2n) is 5.93. The summed E-state index contributed by atoms with van der Waals surface area (Å²) in [6.45, 7) is 8.94. The number of thiazole rings is 1. The van der Waals surface area contributed by atoms with Crippen molar-refractivity contribution >= 4 is 17.1 Å². The molecule has 0 spiro atoms. The topological polar surface area (TPSA) is 39.2 Å². The lowest BCUT2D eigenvalue weighted by molar-refractivity contribution is 0.0993. The highest BCUT2D eigenvalue weighted by atomic mass is 32.1. The number of Topliss-reactive ketones (excluding diaryl/α,β-unsaturated/α-hetero) is 1. The minimum absolute atomic E-state index is 0.0247. The Bertz CT molecular complexity index is 608. The monoisotopic (exact) mass is 303 g/mol. The molecule has 0 N–H and O–H groups in total. The zero-order valence-corrected chi connectivity index (χ0v) is 13.8. The van der Waals surface area contributed by atoms with E-state index in [1.807, 2.05) is 36.6 Å². The van der Waals surface area contributed by atoms with Gasteiger partial charge in [-0.3, -0.25) is 4.79 Å². The van der Waals surface area contributed by atoms with E-state index >= 15 is 0 Å². The van der Waals surface area contributed by atoms with Crippen molar-refractivity contribution in [3.05, 3.63) is 45.9 Å². The van der Waals surface area contributed by atoms with Crippen molar-refractivity contribution in [2.75, 3.05) is 6.61 Å². The highest BCUT2D eigenvalue weighted by Gasteiger charge is 2.18. The van der Waals surface area contributed by atoms with E-state index in [0.717, 1.165) is 16.5 Å². The van der Waals surface area contributed by atoms with E-state index in [2.05, 4.69) is 25.8 Å². The van der Waals surface area contributed by atoms with Crippen molar-refractivity contribution in [2.24, 2.45) is 0 Å². The molecule has 0 saturated heterocycles. The van der Waals surface area contributed by atoms with Gasteiger partial charge in [0, 0.05) is 16.4 Å². The molecule has 21 heavy (non-hydrogen) atoms. The summed E-state index contributed by atoms with van der Waals surface area (Å²) in [5.74, 6) is 0.881. The molecule has 2 aromatic rings. The molecule has 0 saturated carbocycles. The van der Waals surface area contributed by atoms with Gasteiger partial charge in [0.15, 0.2) is 5.78 Å². The van der Waals surface area contributed by atoms with Crippen LogP contribution in [0, 0.1) is 0 Å². The van der Waals surface area contributed by atoms with Crippen LogP contribution >= 0.6 is 11.3 Å². The summed E-state index contributed by atoms with van der Waals surface area (Å²) >= 11 is 1.55. The molecule has 1 aromatic heterocycles. The first-order valence-electron chi connectivity index (χ1n) is 7.11. The van der Waals surface area contributed by atoms with Gasteiger partial charge in [0.25, 0.3) is 0 Å². The molecule has 4 heteroatoms. The van der Waals surface area contributed by atoms with E-state index in [-0.39, 0.29) is 11.2 Å². The third kappa shape index (κ3) is 4.14. The molecule has 0 aliphatic carbocycles. The van der Waals surface area contributed by atoms with Gasteiger partial charge in [0.2, 0.25) is 0 Å². The number of carbonyl (C=O) groups excluding carboxylic acids is 1. The number of nitrogens with zero attached hydrogens (tertiary/aromatic N) is 1. The highest BCUT2D eigenvalue weighted by Crippen LogP contribution is 2.24. The van der Waals surface area contributed by atoms with Crippen LogP contribution < -0.4 is 4.74 Å². The Morgan fingerprint density at radius 3 is 2.43 bits per heavy atom. The number of ether oxygens (including phenoxy) is 1. The van der Waals surface area contributed by atoms with Crippen LogP contribution in [0.25, 0.3) is 0 Å². The first kappa shape index (κ1) is 15.7. The minimum atomic E-state index is 0.0247. The number of benzene rings is 1. The first-order chi connectivity index (χ1) is 9.90. The zero-order valence-electron chi connectivity index (χ0n) is 13.0. The molecular weight excluding hydrogens is 282 g/mol. The molecule has 0 radical (unpaired) electrons. The Hall–Kier alpha value is -1.68. The van der Waals surface area contributed by atoms with Gasteiger partial charge in [0.05, 0.1) is 18.7 Å². The quantitative estimate of drug-likeness (QED) is 0.775. The maximum absolute atomic E-state index is 12.3. The van der Waals surface area contributed by atoms with Gasteiger partial charge in [-0.05, 0) is 31.2 Å². The van der Waals surface area contributed by atoms with Crippen LogP contribution in [0.15, 0.2) is 29.6 Å². The van der Waals surface area contributed by atoms with E-state index in [4.69, 9.17) is 4.74 Å². The van der Waals surface area contributed by atoms with Crippen molar-refractivity contribution in [1.82, 2.24) is 4.98 Å². The third-order valence-electron chi connectivity index (χ3n) is 3.12. The first-order valence-corrected chi connectivity index (χ1v) is 7.99. The summed E-state index contributed by atoms with van der Waals surface area (Å²) in [5, 5.41) is 2.92. The van der Waals surface area contributed by atoms with Crippen molar-refractivity contribution in [3.63, 3.8) is 0 Å². The summed E-state index contributed by atoms with van der Waals surface area (Å²) in [7, 11) is 0. The van der Waals surface area contributed by atoms with Crippen molar-refractivity contribution < 1.29 is 9.53 Å². The van der Waals surface area contributed by atoms with Crippen LogP contribution in [-0.4, -0.2) is 17.4 Å². The van der Waals surface area contributed by atoms with Crippen LogP contribution in [0.5, 0.6) is 5.75 Å². The van der Waals surface area contributed by atoms with E-state index in [0.29, 0.717) is 18.6 Å². The number of carbonyl (C=O) groups is 1. The average molecular weight is 303 g/mol. The van der Waals surface area contributed by atoms with Crippen LogP contribution in [-0.2, 0) is 11.8 Å². The van der Waals surface area contributed by atoms with E-state index in [1.165, 1.54) is 0 Å². The molecular formula is C17H21NO2S. The Balaban J connectivity index is 2.05. The van der Waals surface area contributed by atoms with Crippen LogP contribution in [0.2, 0.25) is 0 Å². The lowest BCUT2D eigenvalue weighted by Gasteiger charge is -2.14. The number of ketones is 1. The van der Waals surface area contributed by atoms with Gasteiger partial charge in [-0.15, -0.1) is 11.3 Å². The maximum Gasteiger partial charge on any atom is 0.169 e. The van der Waals surface area contributed by atoms with Crippen LogP contribution in [0.4, 0.5) is 0 Å². The maximum atomic E-state index is 12.3. The van der Waals surface area contributed by atoms with Gasteiger partial charge in [-0.25, -0.2) is 4.98 Å². The second kappa shape index (κ2) is 6.39. The SMILES string of the molecule is CCOc1ccc(C(=O)Cc2nc(C(C)(C)C)cs2)cc1. The largest absolute Gasteiger partial charge is 0.494 e. The molecule has 0 atom stereocenters. The molecule has 0 aliphatic heterocycles. The van der Waals surface area contributed by atoms with Crippen molar-refractivity contribution in [1.29, 1.82) is 0 Å². The van der Waals surface area contributed by atoms with Gasteiger partial charge >= 0.3 is 0 Å². The molecule has 0 aliphatic rings. The number of hydrogen-bond acceptors (Lipinski definition) is 4. The summed E-state index contributed by atoms with van der Waals surface area (Å²) in [6, 6.07) is 7.29. The van der Waals surface area contributed by atoms with Crippen molar-refractivity contribution in [3.8, 4) is 5.75 Å². The average Bonchev–Trinajstić information content (AvgIpc) is 2.88. The zero-order chi connectivity index (χ0) is 15.5. The fraction of sp³-hybridized carbons (Fsp3) is 0.412. The molecule has 1 aromatic carbocycles. The normalized spacial score (nSPS) is 11.4. The van der Waals surface area contributed by atoms with E-state index in [9.17, 15) is 4.79 Å². The number of rotatable bonds is 5. The van der Waals surface area contributed by atoms with Gasteiger partial charge in [0.1, 0.15) is 10.8 Å². The Morgan fingerprint density at radius 2 is 1.90 bits per heavy atom. The molecule has 2 rings (SSSR count). The van der Waals surface area contributed by atoms with Gasteiger partial charge < -0.3 is 4.74 Å². The number of hydrogen-bond donors (Lipinski definition) is 0. The standard InChI is InChI=1S/C17H21NO2S/c1-5-20-13-8-6-12(7-9-13)14(19)10-16-18-15(11-21-16)17(2,3)4/h6-9,11H,5,10H2,1-4H3. The molecule has 0 amide bonds. The second-order valence-corrected chi connectivity index (χ2v) is 6.88. The van der Waals surface area contributed by atoms with Crippen LogP contribution in [0.1, 0.15) is 48.8 Å². The predicted molar refractivity (Wildman–Crippen MR) is 86.5 cm³/mol. The Morgan fingerprint density at radius 1 is 1.24 bits per heavy atom. The fourth-order valence-corrected chi connectivity index (χ4v) is 2.90. The van der Waals surface area contributed by atoms with Crippen molar-refractivity contribution in [2.45, 2.75) is 39.5 Å². The molecule has 3 nitrogen and oxygen atoms in total. The summed E-state index contributed by atoms with van der Waals surface area (Å²) in [6.07, 6.45) is 0.356. The smallest absolute Gasteiger partial charge is 0.169 e. The van der Waals surface area contributed by atoms with Crippen LogP contribution in [0.3, 0.4) is 0 Å². The summed E-state index contributed by atoms with van der Waals surface area (Å²) < 4.78 is 5.38. The van der Waals surface area contributed by atoms with Gasteiger partial charge in [-0.2, -0.15) is 0 Å². The third-order valence-corrected chi connectivity index (χ3v) is 3.97. The Labute approximate surface area is 130 Å². The van der Waals surface area contributed by atoms with E-state index < -0.39 is 0 Å². The molecule has 112 valence electrons. The summed E-state index contributed by atoms with van der Waals surface area (Å²) in [4.78, 5) is 16.8. The molecule has 0 unspecified atom stereocenters. The summed E-state index contributed by atoms with van der Waals surface area (Å²) in [5.41, 5.74) is 1.77. The lowest BCUT2D eigenvalue weighted by Crippen LogP contribution is -2.12. The molecule has 0 fully saturated rings. The predicted octanol–water partition coefficient (Wildman–Crippen LogP) is 4.26. The van der Waals surface area contributed by atoms with E-state index in [1.54, 1.807) is 11.3 Å². The molecule has 0 bridgehead atoms. The Kier molecular flexibility index (Phi) is 4.78. The number of aromatic nitrogens is 1. The minimum Gasteiger partial charge on any atom is -0.494 e. The molecule has 1 heterocycles. The lowest BCUT2D eigenvalue weighted by atomic mass is 9.93. The van der Waals surface area contributed by atoms with Gasteiger partial charge in [-0.1, -0.05) is 20.8 Å². The highest BCUT2D eigenvalue weighted by molar-refractivity contribution is 7.09. The fourth-order valence-electron chi connectivity index (χ4n) is 1.88.